The van der Waals surface area contributed by atoms with Crippen LogP contribution in [0.3, 0.4) is 0 Å². The van der Waals surface area contributed by atoms with Gasteiger partial charge in [0.2, 0.25) is 0 Å². The topological polar surface area (TPSA) is 62.3 Å². The molecule has 2 rings (SSSR count). The Balaban J connectivity index is 2.38. The summed E-state index contributed by atoms with van der Waals surface area (Å²) in [5, 5.41) is 2.85. The van der Waals surface area contributed by atoms with Crippen molar-refractivity contribution in [3.05, 3.63) is 48.2 Å². The van der Waals surface area contributed by atoms with Crippen LogP contribution >= 0.6 is 0 Å². The first-order valence-electron chi connectivity index (χ1n) is 6.14. The molecule has 1 aromatic heterocycles. The molecular formula is C14H17N3O2S. The number of benzene rings is 1. The first-order chi connectivity index (χ1) is 9.45. The third-order valence-electron chi connectivity index (χ3n) is 3.02. The number of aryl methyl sites for hydroxylation is 1. The number of sulfonamides is 1. The highest BCUT2D eigenvalue weighted by Gasteiger charge is 2.21. The molecule has 0 bridgehead atoms. The second-order valence-electron chi connectivity index (χ2n) is 4.44. The van der Waals surface area contributed by atoms with Crippen molar-refractivity contribution >= 4 is 21.5 Å². The van der Waals surface area contributed by atoms with E-state index in [4.69, 9.17) is 0 Å². The quantitative estimate of drug-likeness (QED) is 0.938. The number of nitrogens with zero attached hydrogens (tertiary/aromatic N) is 2. The standard InChI is InChI=1S/C14H17N3O2S/c1-11-5-4-6-12(9-11)17(3)20(18,19)13-7-8-14(15-2)16-10-13/h4-10H,1-3H3,(H,15,16). The Morgan fingerprint density at radius 3 is 2.50 bits per heavy atom. The first-order valence-corrected chi connectivity index (χ1v) is 7.58. The first kappa shape index (κ1) is 14.3. The van der Waals surface area contributed by atoms with Gasteiger partial charge in [0.25, 0.3) is 10.0 Å². The van der Waals surface area contributed by atoms with E-state index in [-0.39, 0.29) is 4.90 Å². The number of rotatable bonds is 4. The number of hydrogen-bond acceptors (Lipinski definition) is 4. The lowest BCUT2D eigenvalue weighted by Crippen LogP contribution is -2.26. The largest absolute Gasteiger partial charge is 0.373 e. The van der Waals surface area contributed by atoms with Gasteiger partial charge in [-0.2, -0.15) is 0 Å². The molecule has 5 nitrogen and oxygen atoms in total. The molecule has 1 N–H and O–H groups in total. The lowest BCUT2D eigenvalue weighted by molar-refractivity contribution is 0.594. The van der Waals surface area contributed by atoms with Gasteiger partial charge in [0, 0.05) is 20.3 Å². The minimum atomic E-state index is -3.59. The summed E-state index contributed by atoms with van der Waals surface area (Å²) in [4.78, 5) is 4.21. The van der Waals surface area contributed by atoms with E-state index in [1.165, 1.54) is 17.5 Å². The zero-order chi connectivity index (χ0) is 14.8. The van der Waals surface area contributed by atoms with Crippen LogP contribution in [0.5, 0.6) is 0 Å². The van der Waals surface area contributed by atoms with Crippen LogP contribution in [0.15, 0.2) is 47.5 Å². The Bertz CT molecular complexity index is 697. The van der Waals surface area contributed by atoms with Crippen LogP contribution in [-0.2, 0) is 10.0 Å². The molecule has 0 saturated carbocycles. The molecule has 0 atom stereocenters. The fourth-order valence-corrected chi connectivity index (χ4v) is 2.93. The maximum Gasteiger partial charge on any atom is 0.265 e. The maximum absolute atomic E-state index is 12.5. The molecule has 2 aromatic rings. The van der Waals surface area contributed by atoms with Crippen molar-refractivity contribution in [3.8, 4) is 0 Å². The average molecular weight is 291 g/mol. The van der Waals surface area contributed by atoms with Crippen LogP contribution in [0.1, 0.15) is 5.56 Å². The number of nitrogens with one attached hydrogen (secondary N) is 1. The fraction of sp³-hybridized carbons (Fsp3) is 0.214. The molecule has 0 saturated heterocycles. The molecule has 0 aliphatic rings. The van der Waals surface area contributed by atoms with Gasteiger partial charge in [-0.15, -0.1) is 0 Å². The smallest absolute Gasteiger partial charge is 0.265 e. The summed E-state index contributed by atoms with van der Waals surface area (Å²) in [6, 6.07) is 10.5. The summed E-state index contributed by atoms with van der Waals surface area (Å²) < 4.78 is 26.3. The van der Waals surface area contributed by atoms with Crippen molar-refractivity contribution in [3.63, 3.8) is 0 Å². The van der Waals surface area contributed by atoms with Gasteiger partial charge >= 0.3 is 0 Å². The van der Waals surface area contributed by atoms with Crippen LogP contribution in [0.2, 0.25) is 0 Å². The number of pyridine rings is 1. The normalized spacial score (nSPS) is 11.2. The van der Waals surface area contributed by atoms with Gasteiger partial charge in [0.15, 0.2) is 0 Å². The van der Waals surface area contributed by atoms with Gasteiger partial charge in [0.1, 0.15) is 10.7 Å². The van der Waals surface area contributed by atoms with Crippen molar-refractivity contribution in [2.45, 2.75) is 11.8 Å². The molecule has 0 fully saturated rings. The number of aromatic nitrogens is 1. The predicted octanol–water partition coefficient (Wildman–Crippen LogP) is 2.26. The van der Waals surface area contributed by atoms with Crippen molar-refractivity contribution in [2.75, 3.05) is 23.7 Å². The van der Waals surface area contributed by atoms with Crippen molar-refractivity contribution in [1.29, 1.82) is 0 Å². The monoisotopic (exact) mass is 291 g/mol. The summed E-state index contributed by atoms with van der Waals surface area (Å²) in [5.41, 5.74) is 1.64. The molecule has 0 aliphatic carbocycles. The van der Waals surface area contributed by atoms with E-state index in [0.717, 1.165) is 5.56 Å². The summed E-state index contributed by atoms with van der Waals surface area (Å²) in [7, 11) is -0.321. The highest BCUT2D eigenvalue weighted by Crippen LogP contribution is 2.22. The molecule has 106 valence electrons. The van der Waals surface area contributed by atoms with Crippen LogP contribution in [0, 0.1) is 6.92 Å². The minimum Gasteiger partial charge on any atom is -0.373 e. The van der Waals surface area contributed by atoms with Gasteiger partial charge in [-0.05, 0) is 36.8 Å². The van der Waals surface area contributed by atoms with E-state index in [1.54, 1.807) is 25.2 Å². The third kappa shape index (κ3) is 2.75. The van der Waals surface area contributed by atoms with E-state index < -0.39 is 10.0 Å². The van der Waals surface area contributed by atoms with Gasteiger partial charge < -0.3 is 5.32 Å². The van der Waals surface area contributed by atoms with Crippen LogP contribution in [0.25, 0.3) is 0 Å². The summed E-state index contributed by atoms with van der Waals surface area (Å²) in [6.07, 6.45) is 1.35. The predicted molar refractivity (Wildman–Crippen MR) is 80.6 cm³/mol. The second-order valence-corrected chi connectivity index (χ2v) is 6.41. The summed E-state index contributed by atoms with van der Waals surface area (Å²) >= 11 is 0. The Morgan fingerprint density at radius 1 is 1.20 bits per heavy atom. The molecule has 20 heavy (non-hydrogen) atoms. The molecule has 0 unspecified atom stereocenters. The highest BCUT2D eigenvalue weighted by atomic mass is 32.2. The molecule has 0 amide bonds. The highest BCUT2D eigenvalue weighted by molar-refractivity contribution is 7.92. The Labute approximate surface area is 119 Å². The lowest BCUT2D eigenvalue weighted by atomic mass is 10.2. The van der Waals surface area contributed by atoms with Crippen LogP contribution in [-0.4, -0.2) is 27.5 Å². The fourth-order valence-electron chi connectivity index (χ4n) is 1.80. The van der Waals surface area contributed by atoms with E-state index in [2.05, 4.69) is 10.3 Å². The second kappa shape index (κ2) is 5.50. The van der Waals surface area contributed by atoms with Crippen LogP contribution in [0.4, 0.5) is 11.5 Å². The lowest BCUT2D eigenvalue weighted by Gasteiger charge is -2.19. The van der Waals surface area contributed by atoms with Crippen LogP contribution < -0.4 is 9.62 Å². The molecule has 0 aliphatic heterocycles. The average Bonchev–Trinajstić information content (AvgIpc) is 2.46. The van der Waals surface area contributed by atoms with Crippen molar-refractivity contribution in [1.82, 2.24) is 4.98 Å². The zero-order valence-electron chi connectivity index (χ0n) is 11.7. The van der Waals surface area contributed by atoms with Crippen molar-refractivity contribution < 1.29 is 8.42 Å². The van der Waals surface area contributed by atoms with Gasteiger partial charge in [-0.3, -0.25) is 4.31 Å². The number of anilines is 2. The van der Waals surface area contributed by atoms with Crippen molar-refractivity contribution in [2.24, 2.45) is 0 Å². The molecular weight excluding hydrogens is 274 g/mol. The summed E-state index contributed by atoms with van der Waals surface area (Å²) in [5.74, 6) is 0.627. The summed E-state index contributed by atoms with van der Waals surface area (Å²) in [6.45, 7) is 1.92. The molecule has 0 radical (unpaired) electrons. The van der Waals surface area contributed by atoms with E-state index in [9.17, 15) is 8.42 Å². The Hall–Kier alpha value is -2.08. The third-order valence-corrected chi connectivity index (χ3v) is 4.79. The Morgan fingerprint density at radius 2 is 1.95 bits per heavy atom. The number of hydrogen-bond donors (Lipinski definition) is 1. The molecule has 6 heteroatoms. The van der Waals surface area contributed by atoms with E-state index >= 15 is 0 Å². The zero-order valence-corrected chi connectivity index (χ0v) is 12.5. The Kier molecular flexibility index (Phi) is 3.94. The maximum atomic E-state index is 12.5. The van der Waals surface area contributed by atoms with E-state index in [0.29, 0.717) is 11.5 Å². The van der Waals surface area contributed by atoms with Gasteiger partial charge in [-0.1, -0.05) is 12.1 Å². The minimum absolute atomic E-state index is 0.167. The van der Waals surface area contributed by atoms with E-state index in [1.807, 2.05) is 25.1 Å². The SMILES string of the molecule is CNc1ccc(S(=O)(=O)N(C)c2cccc(C)c2)cn1. The molecule has 1 aromatic carbocycles. The van der Waals surface area contributed by atoms with Gasteiger partial charge in [0.05, 0.1) is 5.69 Å². The van der Waals surface area contributed by atoms with Gasteiger partial charge in [-0.25, -0.2) is 13.4 Å². The molecule has 0 spiro atoms. The molecule has 1 heterocycles.